The Kier molecular flexibility index (Phi) is 10.3. The van der Waals surface area contributed by atoms with Crippen molar-refractivity contribution >= 4 is 45.9 Å². The summed E-state index contributed by atoms with van der Waals surface area (Å²) in [6.07, 6.45) is 0.828. The van der Waals surface area contributed by atoms with Gasteiger partial charge in [0, 0.05) is 33.3 Å². The van der Waals surface area contributed by atoms with E-state index in [4.69, 9.17) is 21.1 Å². The number of nitrogens with zero attached hydrogens (tertiary/aromatic N) is 4. The van der Waals surface area contributed by atoms with Crippen LogP contribution in [0.1, 0.15) is 56.7 Å². The molecule has 0 aromatic carbocycles. The van der Waals surface area contributed by atoms with Crippen LogP contribution in [0.5, 0.6) is 0 Å². The van der Waals surface area contributed by atoms with Crippen LogP contribution in [0.25, 0.3) is 0 Å². The zero-order chi connectivity index (χ0) is 27.1. The molecule has 0 aliphatic carbocycles. The van der Waals surface area contributed by atoms with E-state index in [1.165, 1.54) is 0 Å². The molecule has 1 aliphatic rings. The summed E-state index contributed by atoms with van der Waals surface area (Å²) in [7, 11) is 5.38. The van der Waals surface area contributed by atoms with E-state index in [1.54, 1.807) is 14.0 Å². The number of hydrogen-bond donors (Lipinski definition) is 3. The van der Waals surface area contributed by atoms with Gasteiger partial charge in [0.05, 0.1) is 24.4 Å². The standard InChI is InChI=1S/C23H34ClN7O5S/c1-6-13-18(24)29-19(26-13)21(33)27-14-8-10-31(12-15(14)35-5)23-28-16(17(37-23)22(34)36-7-2)20(32)25-9-11-30(3)4/h14-15H,6-12H2,1-5H3,(H,25,32)(H,26,29)(H,27,33)/t14-,15+/m1/s1. The number of aromatic nitrogens is 3. The molecule has 3 N–H and O–H groups in total. The third kappa shape index (κ3) is 7.18. The molecule has 3 heterocycles. The number of rotatable bonds is 11. The molecule has 2 amide bonds. The summed E-state index contributed by atoms with van der Waals surface area (Å²) >= 11 is 7.18. The average Bonchev–Trinajstić information content (AvgIpc) is 3.48. The molecule has 2 aromatic heterocycles. The molecule has 12 nitrogen and oxygen atoms in total. The number of piperidine rings is 1. The van der Waals surface area contributed by atoms with Crippen molar-refractivity contribution in [1.29, 1.82) is 0 Å². The molecule has 0 radical (unpaired) electrons. The van der Waals surface area contributed by atoms with Gasteiger partial charge in [0.15, 0.2) is 21.8 Å². The number of carbonyl (C=O) groups excluding carboxylic acids is 3. The minimum Gasteiger partial charge on any atom is -0.462 e. The summed E-state index contributed by atoms with van der Waals surface area (Å²) < 4.78 is 10.8. The third-order valence-corrected chi connectivity index (χ3v) is 7.29. The van der Waals surface area contributed by atoms with Gasteiger partial charge in [0.25, 0.3) is 11.8 Å². The van der Waals surface area contributed by atoms with Crippen LogP contribution in [0.2, 0.25) is 5.15 Å². The molecule has 204 valence electrons. The molecule has 1 fully saturated rings. The first-order valence-corrected chi connectivity index (χ1v) is 13.3. The Morgan fingerprint density at radius 3 is 2.62 bits per heavy atom. The molecule has 37 heavy (non-hydrogen) atoms. The Labute approximate surface area is 225 Å². The first kappa shape index (κ1) is 28.8. The molecular weight excluding hydrogens is 522 g/mol. The predicted octanol–water partition coefficient (Wildman–Crippen LogP) is 1.57. The minimum absolute atomic E-state index is 0.0445. The SMILES string of the molecule is CCOC(=O)c1sc(N2CC[C@@H](NC(=O)c3nc(Cl)c(CC)[nH]3)[C@@H](OC)C2)nc1C(=O)NCCN(C)C. The Hall–Kier alpha value is -2.74. The molecule has 0 bridgehead atoms. The van der Waals surface area contributed by atoms with Gasteiger partial charge in [-0.3, -0.25) is 9.59 Å². The lowest BCUT2D eigenvalue weighted by molar-refractivity contribution is 0.0527. The van der Waals surface area contributed by atoms with Gasteiger partial charge in [-0.2, -0.15) is 0 Å². The molecule has 2 atom stereocenters. The maximum Gasteiger partial charge on any atom is 0.350 e. The normalized spacial score (nSPS) is 17.6. The van der Waals surface area contributed by atoms with E-state index in [0.29, 0.717) is 49.8 Å². The maximum atomic E-state index is 12.8. The van der Waals surface area contributed by atoms with Gasteiger partial charge in [-0.1, -0.05) is 29.9 Å². The molecule has 1 aliphatic heterocycles. The van der Waals surface area contributed by atoms with Crippen molar-refractivity contribution < 1.29 is 23.9 Å². The maximum absolute atomic E-state index is 12.8. The van der Waals surface area contributed by atoms with Crippen molar-refractivity contribution in [2.24, 2.45) is 0 Å². The Balaban J connectivity index is 1.73. The monoisotopic (exact) mass is 555 g/mol. The summed E-state index contributed by atoms with van der Waals surface area (Å²) in [6, 6.07) is -0.277. The lowest BCUT2D eigenvalue weighted by Crippen LogP contribution is -2.55. The minimum atomic E-state index is -0.585. The smallest absolute Gasteiger partial charge is 0.350 e. The fraction of sp³-hybridized carbons (Fsp3) is 0.609. The number of H-pyrrole nitrogens is 1. The number of amides is 2. The van der Waals surface area contributed by atoms with Gasteiger partial charge in [0.1, 0.15) is 4.88 Å². The third-order valence-electron chi connectivity index (χ3n) is 5.88. The first-order valence-electron chi connectivity index (χ1n) is 12.1. The lowest BCUT2D eigenvalue weighted by atomic mass is 10.0. The van der Waals surface area contributed by atoms with E-state index in [2.05, 4.69) is 25.6 Å². The zero-order valence-corrected chi connectivity index (χ0v) is 23.3. The molecule has 2 aromatic rings. The number of aromatic amines is 1. The molecule has 3 rings (SSSR count). The highest BCUT2D eigenvalue weighted by Gasteiger charge is 2.34. The number of hydrogen-bond acceptors (Lipinski definition) is 10. The van der Waals surface area contributed by atoms with Crippen LogP contribution in [0.3, 0.4) is 0 Å². The van der Waals surface area contributed by atoms with Gasteiger partial charge in [-0.05, 0) is 33.9 Å². The highest BCUT2D eigenvalue weighted by Crippen LogP contribution is 2.30. The average molecular weight is 556 g/mol. The van der Waals surface area contributed by atoms with Crippen molar-refractivity contribution in [3.05, 3.63) is 27.2 Å². The van der Waals surface area contributed by atoms with E-state index in [-0.39, 0.29) is 46.2 Å². The first-order chi connectivity index (χ1) is 17.7. The van der Waals surface area contributed by atoms with Crippen molar-refractivity contribution in [3.8, 4) is 0 Å². The molecule has 0 saturated carbocycles. The topological polar surface area (TPSA) is 142 Å². The van der Waals surface area contributed by atoms with Gasteiger partial charge in [-0.25, -0.2) is 14.8 Å². The fourth-order valence-electron chi connectivity index (χ4n) is 3.87. The number of anilines is 1. The second kappa shape index (κ2) is 13.2. The van der Waals surface area contributed by atoms with Gasteiger partial charge < -0.3 is 34.9 Å². The predicted molar refractivity (Wildman–Crippen MR) is 141 cm³/mol. The second-order valence-electron chi connectivity index (χ2n) is 8.75. The van der Waals surface area contributed by atoms with Gasteiger partial charge >= 0.3 is 5.97 Å². The van der Waals surface area contributed by atoms with Crippen molar-refractivity contribution in [2.45, 2.75) is 38.8 Å². The fourth-order valence-corrected chi connectivity index (χ4v) is 5.13. The van der Waals surface area contributed by atoms with E-state index in [0.717, 1.165) is 11.3 Å². The van der Waals surface area contributed by atoms with Crippen LogP contribution < -0.4 is 15.5 Å². The number of methoxy groups -OCH3 is 1. The Bertz CT molecular complexity index is 1110. The molecule has 0 unspecified atom stereocenters. The van der Waals surface area contributed by atoms with Crippen LogP contribution >= 0.6 is 22.9 Å². The number of aryl methyl sites for hydroxylation is 1. The number of likely N-dealkylation sites (N-methyl/N-ethyl adjacent to an activating group) is 1. The number of carbonyl (C=O) groups is 3. The summed E-state index contributed by atoms with van der Waals surface area (Å²) in [6.45, 7) is 5.81. The number of halogens is 1. The van der Waals surface area contributed by atoms with Crippen LogP contribution in [0.4, 0.5) is 5.13 Å². The van der Waals surface area contributed by atoms with Gasteiger partial charge in [0.2, 0.25) is 0 Å². The quantitative estimate of drug-likeness (QED) is 0.352. The molecule has 1 saturated heterocycles. The number of nitrogens with one attached hydrogen (secondary N) is 3. The highest BCUT2D eigenvalue weighted by atomic mass is 35.5. The summed E-state index contributed by atoms with van der Waals surface area (Å²) in [5, 5.41) is 6.58. The van der Waals surface area contributed by atoms with Crippen LogP contribution in [0, 0.1) is 0 Å². The zero-order valence-electron chi connectivity index (χ0n) is 21.7. The van der Waals surface area contributed by atoms with Crippen LogP contribution in [-0.4, -0.2) is 104 Å². The molecular formula is C23H34ClN7O5S. The summed E-state index contributed by atoms with van der Waals surface area (Å²) in [4.78, 5) is 53.8. The van der Waals surface area contributed by atoms with E-state index >= 15 is 0 Å². The van der Waals surface area contributed by atoms with Crippen molar-refractivity contribution in [3.63, 3.8) is 0 Å². The Morgan fingerprint density at radius 2 is 2.00 bits per heavy atom. The second-order valence-corrected chi connectivity index (χ2v) is 10.1. The van der Waals surface area contributed by atoms with Gasteiger partial charge in [-0.15, -0.1) is 0 Å². The molecule has 0 spiro atoms. The summed E-state index contributed by atoms with van der Waals surface area (Å²) in [5.74, 6) is -1.22. The van der Waals surface area contributed by atoms with E-state index < -0.39 is 11.9 Å². The summed E-state index contributed by atoms with van der Waals surface area (Å²) in [5.41, 5.74) is 0.746. The van der Waals surface area contributed by atoms with E-state index in [1.807, 2.05) is 30.8 Å². The number of esters is 1. The van der Waals surface area contributed by atoms with Crippen molar-refractivity contribution in [2.75, 3.05) is 58.9 Å². The van der Waals surface area contributed by atoms with Crippen LogP contribution in [0.15, 0.2) is 0 Å². The number of ether oxygens (including phenoxy) is 2. The highest BCUT2D eigenvalue weighted by molar-refractivity contribution is 7.17. The Morgan fingerprint density at radius 1 is 1.24 bits per heavy atom. The lowest BCUT2D eigenvalue weighted by Gasteiger charge is -2.37. The van der Waals surface area contributed by atoms with E-state index in [9.17, 15) is 14.4 Å². The van der Waals surface area contributed by atoms with Crippen LogP contribution in [-0.2, 0) is 15.9 Å². The largest absolute Gasteiger partial charge is 0.462 e. The number of thiazole rings is 1. The van der Waals surface area contributed by atoms with Crippen molar-refractivity contribution in [1.82, 2.24) is 30.5 Å². The number of imidazole rings is 1. The molecule has 14 heteroatoms.